The Morgan fingerprint density at radius 3 is 1.88 bits per heavy atom. The maximum absolute atomic E-state index is 8.59. The van der Waals surface area contributed by atoms with E-state index < -0.39 is 13.8 Å². The molecule has 50 valence electrons. The second kappa shape index (κ2) is 2.71. The Morgan fingerprint density at radius 2 is 1.88 bits per heavy atom. The van der Waals surface area contributed by atoms with Gasteiger partial charge in [0.15, 0.2) is 0 Å². The fourth-order valence-electron chi connectivity index (χ4n) is 0.153. The predicted molar refractivity (Wildman–Crippen MR) is 30.0 cm³/mol. The van der Waals surface area contributed by atoms with E-state index in [2.05, 4.69) is 4.52 Å². The van der Waals surface area contributed by atoms with E-state index in [1.165, 1.54) is 6.92 Å². The van der Waals surface area contributed by atoms with Gasteiger partial charge in [0, 0.05) is 6.92 Å². The normalized spacial score (nSPS) is 16.1. The molecule has 8 heavy (non-hydrogen) atoms. The molecule has 0 bridgehead atoms. The highest BCUT2D eigenvalue weighted by atomic mass is 31.2. The lowest BCUT2D eigenvalue weighted by atomic mass is 10.9. The summed E-state index contributed by atoms with van der Waals surface area (Å²) in [5, 5.41) is 8.50. The minimum absolute atomic E-state index is 1.14. The predicted octanol–water partition coefficient (Wildman–Crippen LogP) is -0.282. The third-order valence-electron chi connectivity index (χ3n) is 0.755. The second-order valence-electron chi connectivity index (χ2n) is 1.40. The zero-order valence-electron chi connectivity index (χ0n) is 4.77. The average Bonchev–Trinajstić information content (AvgIpc) is 1.67. The van der Waals surface area contributed by atoms with E-state index in [0.29, 0.717) is 0 Å². The monoisotopic (exact) mass is 141 g/mol. The maximum atomic E-state index is 8.59. The first-order valence-electron chi connectivity index (χ1n) is 2.08. The smallest absolute Gasteiger partial charge is 0.353 e. The molecule has 0 aliphatic carbocycles. The van der Waals surface area contributed by atoms with Crippen molar-refractivity contribution in [3.05, 3.63) is 0 Å². The van der Waals surface area contributed by atoms with Gasteiger partial charge in [-0.25, -0.2) is 0 Å². The fraction of sp³-hybridized carbons (Fsp3) is 1.00. The number of aliphatic hydroxyl groups is 1. The molecule has 0 radical (unpaired) electrons. The van der Waals surface area contributed by atoms with Gasteiger partial charge in [0.2, 0.25) is 5.85 Å². The van der Waals surface area contributed by atoms with E-state index in [4.69, 9.17) is 14.9 Å². The molecule has 0 amide bonds. The second-order valence-corrected chi connectivity index (χ2v) is 3.69. The van der Waals surface area contributed by atoms with Crippen molar-refractivity contribution < 1.29 is 19.4 Å². The highest BCUT2D eigenvalue weighted by Crippen LogP contribution is 2.53. The summed E-state index contributed by atoms with van der Waals surface area (Å²) < 4.78 is 4.17. The van der Waals surface area contributed by atoms with Crippen molar-refractivity contribution in [1.29, 1.82) is 0 Å². The molecule has 3 N–H and O–H groups in total. The molecule has 0 fully saturated rings. The molecule has 1 atom stereocenters. The molecule has 5 heteroatoms. The fourth-order valence-corrected chi connectivity index (χ4v) is 0.458. The molecule has 0 aliphatic rings. The lowest BCUT2D eigenvalue weighted by Crippen LogP contribution is -2.08. The van der Waals surface area contributed by atoms with Crippen LogP contribution in [0.15, 0.2) is 0 Å². The third kappa shape index (κ3) is 2.03. The zero-order chi connectivity index (χ0) is 6.78. The molecule has 0 saturated heterocycles. The molecule has 0 saturated carbocycles. The van der Waals surface area contributed by atoms with Gasteiger partial charge in [0.05, 0.1) is 7.11 Å². The van der Waals surface area contributed by atoms with Crippen molar-refractivity contribution in [2.75, 3.05) is 7.11 Å². The third-order valence-corrected chi connectivity index (χ3v) is 2.27. The van der Waals surface area contributed by atoms with Crippen LogP contribution in [0.2, 0.25) is 0 Å². The van der Waals surface area contributed by atoms with Crippen molar-refractivity contribution in [3.8, 4) is 0 Å². The molecule has 4 nitrogen and oxygen atoms in total. The van der Waals surface area contributed by atoms with Crippen molar-refractivity contribution in [1.82, 2.24) is 0 Å². The maximum Gasteiger partial charge on any atom is 0.436 e. The van der Waals surface area contributed by atoms with Gasteiger partial charge < -0.3 is 5.11 Å². The Morgan fingerprint density at radius 1 is 1.50 bits per heavy atom. The van der Waals surface area contributed by atoms with Crippen molar-refractivity contribution in [3.63, 3.8) is 0 Å². The molecule has 0 aromatic heterocycles. The molecular formula is C3H10O4P+. The van der Waals surface area contributed by atoms with Gasteiger partial charge in [-0.1, -0.05) is 0 Å². The minimum atomic E-state index is -3.44. The first kappa shape index (κ1) is 8.27. The van der Waals surface area contributed by atoms with Crippen LogP contribution in [0.1, 0.15) is 6.92 Å². The standard InChI is InChI=1S/C3H10O4P/c1-3(4)8(5,6)7-2/h3-6H,1-2H3/q+1/t3-/m1/s1. The lowest BCUT2D eigenvalue weighted by Gasteiger charge is -2.09. The Labute approximate surface area is 48.3 Å². The van der Waals surface area contributed by atoms with Crippen LogP contribution in [0.4, 0.5) is 0 Å². The Hall–Kier alpha value is 0.270. The van der Waals surface area contributed by atoms with Crippen molar-refractivity contribution in [2.45, 2.75) is 12.8 Å². The summed E-state index contributed by atoms with van der Waals surface area (Å²) in [5.74, 6) is -1.19. The van der Waals surface area contributed by atoms with Crippen LogP contribution < -0.4 is 0 Å². The summed E-state index contributed by atoms with van der Waals surface area (Å²) in [7, 11) is -2.30. The molecule has 0 rings (SSSR count). The quantitative estimate of drug-likeness (QED) is 0.462. The van der Waals surface area contributed by atoms with Crippen LogP contribution >= 0.6 is 7.94 Å². The highest BCUT2D eigenvalue weighted by molar-refractivity contribution is 7.60. The van der Waals surface area contributed by atoms with E-state index in [1.54, 1.807) is 0 Å². The SMILES string of the molecule is CO[P+](O)(O)[C@H](C)O. The van der Waals surface area contributed by atoms with Gasteiger partial charge in [0.25, 0.3) is 0 Å². The zero-order valence-corrected chi connectivity index (χ0v) is 5.67. The van der Waals surface area contributed by atoms with Crippen LogP contribution in [-0.4, -0.2) is 27.8 Å². The van der Waals surface area contributed by atoms with Gasteiger partial charge in [-0.05, 0) is 0 Å². The van der Waals surface area contributed by atoms with Gasteiger partial charge in [-0.2, -0.15) is 14.3 Å². The molecular weight excluding hydrogens is 131 g/mol. The number of rotatable bonds is 2. The Kier molecular flexibility index (Phi) is 2.80. The Bertz CT molecular complexity index is 71.7. The van der Waals surface area contributed by atoms with Crippen LogP contribution in [-0.2, 0) is 4.52 Å². The largest absolute Gasteiger partial charge is 0.436 e. The van der Waals surface area contributed by atoms with E-state index in [0.717, 1.165) is 7.11 Å². The van der Waals surface area contributed by atoms with E-state index >= 15 is 0 Å². The first-order chi connectivity index (χ1) is 3.50. The molecule has 0 heterocycles. The minimum Gasteiger partial charge on any atom is -0.353 e. The molecule has 0 spiro atoms. The van der Waals surface area contributed by atoms with Crippen LogP contribution in [0.5, 0.6) is 0 Å². The summed E-state index contributed by atoms with van der Waals surface area (Å²) in [6, 6.07) is 0. The lowest BCUT2D eigenvalue weighted by molar-refractivity contribution is 0.177. The summed E-state index contributed by atoms with van der Waals surface area (Å²) in [4.78, 5) is 17.2. The summed E-state index contributed by atoms with van der Waals surface area (Å²) >= 11 is 0. The highest BCUT2D eigenvalue weighted by Gasteiger charge is 2.40. The van der Waals surface area contributed by atoms with Gasteiger partial charge in [-0.15, -0.1) is 0 Å². The first-order valence-corrected chi connectivity index (χ1v) is 3.77. The van der Waals surface area contributed by atoms with Crippen molar-refractivity contribution >= 4 is 7.94 Å². The van der Waals surface area contributed by atoms with Gasteiger partial charge in [-0.3, -0.25) is 0 Å². The summed E-state index contributed by atoms with van der Waals surface area (Å²) in [6.07, 6.45) is 0. The summed E-state index contributed by atoms with van der Waals surface area (Å²) in [6.45, 7) is 1.26. The Balaban J connectivity index is 3.71. The van der Waals surface area contributed by atoms with E-state index in [-0.39, 0.29) is 0 Å². The van der Waals surface area contributed by atoms with Crippen LogP contribution in [0.25, 0.3) is 0 Å². The molecule has 0 aromatic carbocycles. The van der Waals surface area contributed by atoms with Crippen LogP contribution in [0.3, 0.4) is 0 Å². The van der Waals surface area contributed by atoms with Crippen molar-refractivity contribution in [2.24, 2.45) is 0 Å². The topological polar surface area (TPSA) is 69.9 Å². The summed E-state index contributed by atoms with van der Waals surface area (Å²) in [5.41, 5.74) is 0. The number of aliphatic hydroxyl groups excluding tert-OH is 1. The molecule has 0 aliphatic heterocycles. The number of hydrogen-bond acceptors (Lipinski definition) is 4. The van der Waals surface area contributed by atoms with E-state index in [9.17, 15) is 0 Å². The number of hydrogen-bond donors (Lipinski definition) is 3. The average molecular weight is 141 g/mol. The van der Waals surface area contributed by atoms with Gasteiger partial charge >= 0.3 is 7.94 Å². The van der Waals surface area contributed by atoms with E-state index in [1.807, 2.05) is 0 Å². The van der Waals surface area contributed by atoms with Gasteiger partial charge in [0.1, 0.15) is 0 Å². The molecule has 0 unspecified atom stereocenters. The molecule has 0 aromatic rings. The van der Waals surface area contributed by atoms with Crippen LogP contribution in [0, 0.1) is 0 Å².